The van der Waals surface area contributed by atoms with Gasteiger partial charge in [-0.2, -0.15) is 15.0 Å². The number of piperazine rings is 1. The highest BCUT2D eigenvalue weighted by atomic mass is 15.3. The molecule has 1 aliphatic rings. The van der Waals surface area contributed by atoms with Crippen LogP contribution in [0.15, 0.2) is 18.2 Å². The molecule has 0 spiro atoms. The smallest absolute Gasteiger partial charge is 0.225 e. The molecule has 0 bridgehead atoms. The summed E-state index contributed by atoms with van der Waals surface area (Å²) in [5.74, 6) is 0.998. The Kier molecular flexibility index (Phi) is 4.29. The molecule has 1 aliphatic heterocycles. The van der Waals surface area contributed by atoms with Gasteiger partial charge in [-0.05, 0) is 31.0 Å². The molecule has 1 aromatic carbocycles. The molecule has 0 unspecified atom stereocenters. The molecule has 7 nitrogen and oxygen atoms in total. The van der Waals surface area contributed by atoms with Gasteiger partial charge in [-0.15, -0.1) is 0 Å². The van der Waals surface area contributed by atoms with Gasteiger partial charge in [-0.25, -0.2) is 0 Å². The molecular weight excluding hydrogens is 290 g/mol. The summed E-state index contributed by atoms with van der Waals surface area (Å²) in [6.07, 6.45) is 0. The number of aryl methyl sites for hydroxylation is 1. The number of nitrogens with zero attached hydrogens (tertiary/aromatic N) is 5. The molecular formula is C16H23N7. The first kappa shape index (κ1) is 15.5. The van der Waals surface area contributed by atoms with Crippen LogP contribution in [0.1, 0.15) is 17.0 Å². The van der Waals surface area contributed by atoms with Crippen molar-refractivity contribution in [1.29, 1.82) is 0 Å². The first-order valence-corrected chi connectivity index (χ1v) is 7.82. The van der Waals surface area contributed by atoms with Gasteiger partial charge in [-0.1, -0.05) is 12.1 Å². The Bertz CT molecular complexity index is 673. The third kappa shape index (κ3) is 3.50. The van der Waals surface area contributed by atoms with E-state index in [0.29, 0.717) is 12.4 Å². The highest BCUT2D eigenvalue weighted by Crippen LogP contribution is 2.24. The van der Waals surface area contributed by atoms with E-state index in [0.717, 1.165) is 26.2 Å². The van der Waals surface area contributed by atoms with Gasteiger partial charge in [0.05, 0.1) is 6.54 Å². The molecule has 2 heterocycles. The zero-order valence-corrected chi connectivity index (χ0v) is 13.7. The monoisotopic (exact) mass is 313 g/mol. The summed E-state index contributed by atoms with van der Waals surface area (Å²) >= 11 is 0. The Labute approximate surface area is 136 Å². The van der Waals surface area contributed by atoms with E-state index in [1.54, 1.807) is 0 Å². The molecule has 0 saturated carbocycles. The van der Waals surface area contributed by atoms with Gasteiger partial charge in [-0.3, -0.25) is 4.90 Å². The predicted molar refractivity (Wildman–Crippen MR) is 92.1 cm³/mol. The van der Waals surface area contributed by atoms with Gasteiger partial charge >= 0.3 is 0 Å². The van der Waals surface area contributed by atoms with E-state index >= 15 is 0 Å². The minimum absolute atomic E-state index is 0.182. The molecule has 1 saturated heterocycles. The highest BCUT2D eigenvalue weighted by Gasteiger charge is 2.19. The van der Waals surface area contributed by atoms with Crippen LogP contribution in [0.2, 0.25) is 0 Å². The molecule has 1 fully saturated rings. The van der Waals surface area contributed by atoms with Gasteiger partial charge in [0.25, 0.3) is 0 Å². The van der Waals surface area contributed by atoms with Crippen molar-refractivity contribution >= 4 is 17.6 Å². The van der Waals surface area contributed by atoms with Crippen molar-refractivity contribution in [1.82, 2.24) is 19.9 Å². The minimum atomic E-state index is 0.182. The average Bonchev–Trinajstić information content (AvgIpc) is 2.50. The van der Waals surface area contributed by atoms with Crippen molar-refractivity contribution in [3.8, 4) is 0 Å². The molecule has 4 N–H and O–H groups in total. The highest BCUT2D eigenvalue weighted by molar-refractivity contribution is 5.56. The summed E-state index contributed by atoms with van der Waals surface area (Å²) in [6, 6.07) is 6.48. The number of rotatable bonds is 3. The van der Waals surface area contributed by atoms with E-state index in [1.807, 2.05) is 0 Å². The number of anilines is 3. The van der Waals surface area contributed by atoms with Crippen LogP contribution in [0, 0.1) is 13.8 Å². The third-order valence-electron chi connectivity index (χ3n) is 4.37. The van der Waals surface area contributed by atoms with Crippen LogP contribution in [0.25, 0.3) is 0 Å². The Morgan fingerprint density at radius 2 is 1.61 bits per heavy atom. The lowest BCUT2D eigenvalue weighted by molar-refractivity contribution is 0.244. The van der Waals surface area contributed by atoms with E-state index in [4.69, 9.17) is 11.5 Å². The standard InChI is InChI=1S/C16H23N7/c1-11-4-3-5-13(12(11)2)23-8-6-22(7-9-23)10-14-19-15(17)21-16(18)20-14/h3-5H,6-10H2,1-2H3,(H4,17,18,19,20,21). The fourth-order valence-corrected chi connectivity index (χ4v) is 2.95. The van der Waals surface area contributed by atoms with Crippen molar-refractivity contribution in [3.63, 3.8) is 0 Å². The van der Waals surface area contributed by atoms with Crippen LogP contribution in [0.4, 0.5) is 17.6 Å². The molecule has 0 radical (unpaired) electrons. The number of hydrogen-bond donors (Lipinski definition) is 2. The first-order valence-electron chi connectivity index (χ1n) is 7.82. The van der Waals surface area contributed by atoms with Crippen LogP contribution >= 0.6 is 0 Å². The van der Waals surface area contributed by atoms with Crippen LogP contribution in [-0.4, -0.2) is 46.0 Å². The lowest BCUT2D eigenvalue weighted by atomic mass is 10.1. The second-order valence-electron chi connectivity index (χ2n) is 5.95. The summed E-state index contributed by atoms with van der Waals surface area (Å²) in [5.41, 5.74) is 15.3. The second-order valence-corrected chi connectivity index (χ2v) is 5.95. The lowest BCUT2D eigenvalue weighted by Gasteiger charge is -2.36. The van der Waals surface area contributed by atoms with E-state index in [1.165, 1.54) is 16.8 Å². The van der Waals surface area contributed by atoms with Crippen molar-refractivity contribution in [2.75, 3.05) is 42.5 Å². The summed E-state index contributed by atoms with van der Waals surface area (Å²) in [6.45, 7) is 8.88. The molecule has 0 aliphatic carbocycles. The summed E-state index contributed by atoms with van der Waals surface area (Å²) < 4.78 is 0. The molecule has 7 heteroatoms. The normalized spacial score (nSPS) is 15.8. The maximum Gasteiger partial charge on any atom is 0.225 e. The number of benzene rings is 1. The van der Waals surface area contributed by atoms with Crippen molar-refractivity contribution in [2.45, 2.75) is 20.4 Å². The van der Waals surface area contributed by atoms with E-state index in [9.17, 15) is 0 Å². The molecule has 122 valence electrons. The number of nitrogens with two attached hydrogens (primary N) is 2. The van der Waals surface area contributed by atoms with Gasteiger partial charge in [0, 0.05) is 31.9 Å². The summed E-state index contributed by atoms with van der Waals surface area (Å²) in [7, 11) is 0. The fraction of sp³-hybridized carbons (Fsp3) is 0.438. The van der Waals surface area contributed by atoms with Gasteiger partial charge < -0.3 is 16.4 Å². The Balaban J connectivity index is 1.63. The molecule has 0 atom stereocenters. The zero-order chi connectivity index (χ0) is 16.4. The molecule has 23 heavy (non-hydrogen) atoms. The maximum atomic E-state index is 5.62. The maximum absolute atomic E-state index is 5.62. The SMILES string of the molecule is Cc1cccc(N2CCN(Cc3nc(N)nc(N)n3)CC2)c1C. The number of aromatic nitrogens is 3. The number of hydrogen-bond acceptors (Lipinski definition) is 7. The van der Waals surface area contributed by atoms with Crippen LogP contribution in [0.5, 0.6) is 0 Å². The van der Waals surface area contributed by atoms with Crippen LogP contribution in [-0.2, 0) is 6.54 Å². The molecule has 2 aromatic rings. The van der Waals surface area contributed by atoms with Gasteiger partial charge in [0.15, 0.2) is 0 Å². The Hall–Kier alpha value is -2.41. The molecule has 3 rings (SSSR count). The van der Waals surface area contributed by atoms with Gasteiger partial charge in [0.2, 0.25) is 11.9 Å². The van der Waals surface area contributed by atoms with E-state index in [-0.39, 0.29) is 11.9 Å². The van der Waals surface area contributed by atoms with Gasteiger partial charge in [0.1, 0.15) is 5.82 Å². The topological polar surface area (TPSA) is 97.2 Å². The van der Waals surface area contributed by atoms with Crippen molar-refractivity contribution in [3.05, 3.63) is 35.2 Å². The largest absolute Gasteiger partial charge is 0.369 e. The van der Waals surface area contributed by atoms with E-state index < -0.39 is 0 Å². The Morgan fingerprint density at radius 3 is 2.26 bits per heavy atom. The van der Waals surface area contributed by atoms with E-state index in [2.05, 4.69) is 56.8 Å². The summed E-state index contributed by atoms with van der Waals surface area (Å²) in [4.78, 5) is 16.9. The van der Waals surface area contributed by atoms with Crippen LogP contribution in [0.3, 0.4) is 0 Å². The zero-order valence-electron chi connectivity index (χ0n) is 13.7. The van der Waals surface area contributed by atoms with Crippen molar-refractivity contribution < 1.29 is 0 Å². The predicted octanol–water partition coefficient (Wildman–Crippen LogP) is 0.975. The number of nitrogen functional groups attached to an aromatic ring is 2. The average molecular weight is 313 g/mol. The quantitative estimate of drug-likeness (QED) is 0.871. The second kappa shape index (κ2) is 6.37. The fourth-order valence-electron chi connectivity index (χ4n) is 2.95. The Morgan fingerprint density at radius 1 is 0.957 bits per heavy atom. The minimum Gasteiger partial charge on any atom is -0.369 e. The van der Waals surface area contributed by atoms with Crippen LogP contribution < -0.4 is 16.4 Å². The molecule has 0 amide bonds. The summed E-state index contributed by atoms with van der Waals surface area (Å²) in [5, 5.41) is 0. The lowest BCUT2D eigenvalue weighted by Crippen LogP contribution is -2.46. The van der Waals surface area contributed by atoms with Crippen molar-refractivity contribution in [2.24, 2.45) is 0 Å². The third-order valence-corrected chi connectivity index (χ3v) is 4.37. The molecule has 1 aromatic heterocycles. The first-order chi connectivity index (χ1) is 11.0.